The molecular weight excluding hydrogens is 328 g/mol. The predicted molar refractivity (Wildman–Crippen MR) is 95.9 cm³/mol. The van der Waals surface area contributed by atoms with E-state index in [2.05, 4.69) is 39.9 Å². The molecule has 1 fully saturated rings. The van der Waals surface area contributed by atoms with Crippen molar-refractivity contribution in [3.05, 3.63) is 40.2 Å². The molecule has 1 aromatic carbocycles. The minimum Gasteiger partial charge on any atom is -0.379 e. The van der Waals surface area contributed by atoms with E-state index in [-0.39, 0.29) is 5.91 Å². The Balaban J connectivity index is 1.52. The van der Waals surface area contributed by atoms with E-state index in [0.717, 1.165) is 34.0 Å². The summed E-state index contributed by atoms with van der Waals surface area (Å²) in [6, 6.07) is 8.26. The van der Waals surface area contributed by atoms with Crippen LogP contribution in [0, 0.1) is 6.92 Å². The zero-order valence-corrected chi connectivity index (χ0v) is 14.7. The molecule has 3 rings (SSSR count). The van der Waals surface area contributed by atoms with Gasteiger partial charge in [-0.2, -0.15) is 11.8 Å². The number of benzene rings is 1. The van der Waals surface area contributed by atoms with Gasteiger partial charge in [0.2, 0.25) is 0 Å². The van der Waals surface area contributed by atoms with Gasteiger partial charge in [-0.1, -0.05) is 24.3 Å². The topological polar surface area (TPSA) is 62.2 Å². The van der Waals surface area contributed by atoms with Crippen molar-refractivity contribution in [3.63, 3.8) is 0 Å². The van der Waals surface area contributed by atoms with Crippen LogP contribution in [0.1, 0.15) is 17.0 Å². The second kappa shape index (κ2) is 7.03. The molecule has 1 saturated heterocycles. The SMILES string of the molecule is Cc1nc(-c2ccc(CCNC(=O)C3(O)CCSC3)cc2)cs1. The third kappa shape index (κ3) is 3.94. The van der Waals surface area contributed by atoms with Gasteiger partial charge in [0, 0.05) is 23.2 Å². The fourth-order valence-corrected chi connectivity index (χ4v) is 4.42. The summed E-state index contributed by atoms with van der Waals surface area (Å²) in [6.45, 7) is 2.54. The normalized spacial score (nSPS) is 20.6. The molecule has 122 valence electrons. The maximum Gasteiger partial charge on any atom is 0.252 e. The maximum absolute atomic E-state index is 12.0. The highest BCUT2D eigenvalue weighted by Gasteiger charge is 2.39. The Morgan fingerprint density at radius 2 is 2.17 bits per heavy atom. The second-order valence-corrected chi connectivity index (χ2v) is 7.96. The third-order valence-electron chi connectivity index (χ3n) is 3.99. The van der Waals surface area contributed by atoms with Crippen LogP contribution in [0.2, 0.25) is 0 Å². The number of thiazole rings is 1. The van der Waals surface area contributed by atoms with Crippen LogP contribution in [-0.2, 0) is 11.2 Å². The molecule has 23 heavy (non-hydrogen) atoms. The Bertz CT molecular complexity index is 676. The summed E-state index contributed by atoms with van der Waals surface area (Å²) >= 11 is 3.27. The number of aryl methyl sites for hydroxylation is 1. The van der Waals surface area contributed by atoms with Crippen molar-refractivity contribution in [2.45, 2.75) is 25.4 Å². The van der Waals surface area contributed by atoms with Crippen LogP contribution in [0.4, 0.5) is 0 Å². The van der Waals surface area contributed by atoms with Gasteiger partial charge in [-0.05, 0) is 31.1 Å². The van der Waals surface area contributed by atoms with E-state index in [1.54, 1.807) is 23.1 Å². The third-order valence-corrected chi connectivity index (χ3v) is 5.94. The average molecular weight is 348 g/mol. The Morgan fingerprint density at radius 1 is 1.39 bits per heavy atom. The number of thioether (sulfide) groups is 1. The van der Waals surface area contributed by atoms with Crippen LogP contribution >= 0.6 is 23.1 Å². The Kier molecular flexibility index (Phi) is 5.04. The van der Waals surface area contributed by atoms with Gasteiger partial charge < -0.3 is 10.4 Å². The van der Waals surface area contributed by atoms with Crippen molar-refractivity contribution in [3.8, 4) is 11.3 Å². The lowest BCUT2D eigenvalue weighted by Crippen LogP contribution is -2.47. The quantitative estimate of drug-likeness (QED) is 0.872. The number of aliphatic hydroxyl groups is 1. The van der Waals surface area contributed by atoms with Gasteiger partial charge in [0.05, 0.1) is 10.7 Å². The molecule has 2 aromatic rings. The van der Waals surface area contributed by atoms with Gasteiger partial charge in [-0.25, -0.2) is 4.98 Å². The molecule has 1 amide bonds. The molecule has 1 aliphatic heterocycles. The fraction of sp³-hybridized carbons (Fsp3) is 0.412. The van der Waals surface area contributed by atoms with Crippen molar-refractivity contribution in [1.29, 1.82) is 0 Å². The van der Waals surface area contributed by atoms with Crippen molar-refractivity contribution < 1.29 is 9.90 Å². The zero-order valence-electron chi connectivity index (χ0n) is 13.0. The van der Waals surface area contributed by atoms with Crippen LogP contribution in [0.3, 0.4) is 0 Å². The van der Waals surface area contributed by atoms with Gasteiger partial charge in [-0.15, -0.1) is 11.3 Å². The molecule has 4 nitrogen and oxygen atoms in total. The lowest BCUT2D eigenvalue weighted by atomic mass is 10.0. The van der Waals surface area contributed by atoms with E-state index in [4.69, 9.17) is 0 Å². The Hall–Kier alpha value is -1.37. The number of carbonyl (C=O) groups is 1. The van der Waals surface area contributed by atoms with Gasteiger partial charge in [-0.3, -0.25) is 4.79 Å². The first-order chi connectivity index (χ1) is 11.1. The number of amides is 1. The number of nitrogens with one attached hydrogen (secondary N) is 1. The lowest BCUT2D eigenvalue weighted by Gasteiger charge is -2.20. The van der Waals surface area contributed by atoms with Gasteiger partial charge in [0.15, 0.2) is 5.60 Å². The minimum absolute atomic E-state index is 0.239. The van der Waals surface area contributed by atoms with E-state index in [1.165, 1.54) is 0 Å². The molecule has 1 aromatic heterocycles. The maximum atomic E-state index is 12.0. The highest BCUT2D eigenvalue weighted by Crippen LogP contribution is 2.27. The molecule has 1 aliphatic rings. The summed E-state index contributed by atoms with van der Waals surface area (Å²) in [7, 11) is 0. The fourth-order valence-electron chi connectivity index (χ4n) is 2.56. The monoisotopic (exact) mass is 348 g/mol. The smallest absolute Gasteiger partial charge is 0.252 e. The van der Waals surface area contributed by atoms with Crippen LogP contribution < -0.4 is 5.32 Å². The van der Waals surface area contributed by atoms with Gasteiger partial charge in [0.25, 0.3) is 5.91 Å². The molecule has 2 N–H and O–H groups in total. The molecule has 0 bridgehead atoms. The first kappa shape index (κ1) is 16.5. The Morgan fingerprint density at radius 3 is 2.78 bits per heavy atom. The molecule has 0 aliphatic carbocycles. The van der Waals surface area contributed by atoms with Crippen LogP contribution in [0.5, 0.6) is 0 Å². The summed E-state index contributed by atoms with van der Waals surface area (Å²) in [6.07, 6.45) is 1.30. The predicted octanol–water partition coefficient (Wildman–Crippen LogP) is 2.65. The lowest BCUT2D eigenvalue weighted by molar-refractivity contribution is -0.137. The molecule has 6 heteroatoms. The number of carbonyl (C=O) groups excluding carboxylic acids is 1. The summed E-state index contributed by atoms with van der Waals surface area (Å²) in [5.41, 5.74) is 2.11. The highest BCUT2D eigenvalue weighted by molar-refractivity contribution is 7.99. The van der Waals surface area contributed by atoms with Gasteiger partial charge >= 0.3 is 0 Å². The van der Waals surface area contributed by atoms with E-state index < -0.39 is 5.60 Å². The van der Waals surface area contributed by atoms with Crippen LogP contribution in [-0.4, -0.2) is 39.6 Å². The number of hydrogen-bond donors (Lipinski definition) is 2. The van der Waals surface area contributed by atoms with E-state index in [9.17, 15) is 9.90 Å². The first-order valence-electron chi connectivity index (χ1n) is 7.67. The summed E-state index contributed by atoms with van der Waals surface area (Å²) in [5, 5.41) is 16.2. The van der Waals surface area contributed by atoms with Gasteiger partial charge in [0.1, 0.15) is 0 Å². The zero-order chi connectivity index (χ0) is 16.3. The molecule has 1 unspecified atom stereocenters. The summed E-state index contributed by atoms with van der Waals surface area (Å²) in [4.78, 5) is 16.5. The Labute approximate surface area is 144 Å². The number of aromatic nitrogens is 1. The van der Waals surface area contributed by atoms with Crippen molar-refractivity contribution in [2.24, 2.45) is 0 Å². The first-order valence-corrected chi connectivity index (χ1v) is 9.70. The standard InChI is InChI=1S/C17H20N2O2S2/c1-12-19-15(10-23-12)14-4-2-13(3-5-14)6-8-18-16(20)17(21)7-9-22-11-17/h2-5,10,21H,6-9,11H2,1H3,(H,18,20). The van der Waals surface area contributed by atoms with Crippen LogP contribution in [0.25, 0.3) is 11.3 Å². The van der Waals surface area contributed by atoms with Crippen molar-refractivity contribution >= 4 is 29.0 Å². The molecule has 0 saturated carbocycles. The van der Waals surface area contributed by atoms with E-state index in [0.29, 0.717) is 18.7 Å². The number of nitrogens with zero attached hydrogens (tertiary/aromatic N) is 1. The number of hydrogen-bond acceptors (Lipinski definition) is 5. The van der Waals surface area contributed by atoms with E-state index in [1.807, 2.05) is 6.92 Å². The molecule has 0 spiro atoms. The minimum atomic E-state index is -1.17. The van der Waals surface area contributed by atoms with E-state index >= 15 is 0 Å². The second-order valence-electron chi connectivity index (χ2n) is 5.79. The molecule has 0 radical (unpaired) electrons. The summed E-state index contributed by atoms with van der Waals surface area (Å²) < 4.78 is 0. The molecule has 1 atom stereocenters. The summed E-state index contributed by atoms with van der Waals surface area (Å²) in [5.74, 6) is 1.11. The highest BCUT2D eigenvalue weighted by atomic mass is 32.2. The largest absolute Gasteiger partial charge is 0.379 e. The average Bonchev–Trinajstić information content (AvgIpc) is 3.17. The number of rotatable bonds is 5. The molecular formula is C17H20N2O2S2. The molecule has 2 heterocycles. The van der Waals surface area contributed by atoms with Crippen LogP contribution in [0.15, 0.2) is 29.6 Å². The van der Waals surface area contributed by atoms with Crippen molar-refractivity contribution in [2.75, 3.05) is 18.1 Å². The van der Waals surface area contributed by atoms with Crippen molar-refractivity contribution in [1.82, 2.24) is 10.3 Å².